The van der Waals surface area contributed by atoms with Gasteiger partial charge in [-0.25, -0.2) is 9.37 Å². The van der Waals surface area contributed by atoms with Crippen LogP contribution in [0, 0.1) is 5.82 Å². The largest absolute Gasteiger partial charge is 0.352 e. The third-order valence-electron chi connectivity index (χ3n) is 4.92. The number of thiophene rings is 1. The first-order valence-electron chi connectivity index (χ1n) is 9.12. The van der Waals surface area contributed by atoms with E-state index in [2.05, 4.69) is 10.3 Å². The predicted molar refractivity (Wildman–Crippen MR) is 103 cm³/mol. The molecule has 3 aromatic rings. The molecular weight excluding hydrogens is 365 g/mol. The lowest BCUT2D eigenvalue weighted by molar-refractivity contribution is -0.121. The molecule has 0 spiro atoms. The Labute approximate surface area is 159 Å². The van der Waals surface area contributed by atoms with Gasteiger partial charge in [-0.1, -0.05) is 12.1 Å². The zero-order valence-corrected chi connectivity index (χ0v) is 15.7. The maximum atomic E-state index is 12.9. The van der Waals surface area contributed by atoms with Crippen molar-refractivity contribution in [1.82, 2.24) is 14.9 Å². The monoisotopic (exact) mass is 385 g/mol. The molecule has 0 unspecified atom stereocenters. The van der Waals surface area contributed by atoms with Gasteiger partial charge in [-0.3, -0.25) is 14.2 Å². The van der Waals surface area contributed by atoms with Crippen LogP contribution in [0.3, 0.4) is 0 Å². The predicted octanol–water partition coefficient (Wildman–Crippen LogP) is 3.18. The maximum Gasteiger partial charge on any atom is 0.262 e. The maximum absolute atomic E-state index is 12.9. The molecule has 0 saturated heterocycles. The number of halogens is 1. The van der Waals surface area contributed by atoms with Gasteiger partial charge in [-0.15, -0.1) is 11.3 Å². The molecule has 0 saturated carbocycles. The molecule has 27 heavy (non-hydrogen) atoms. The molecule has 2 heterocycles. The highest BCUT2D eigenvalue weighted by Crippen LogP contribution is 2.33. The van der Waals surface area contributed by atoms with Crippen molar-refractivity contribution < 1.29 is 9.18 Å². The van der Waals surface area contributed by atoms with Crippen molar-refractivity contribution in [3.63, 3.8) is 0 Å². The highest BCUT2D eigenvalue weighted by Gasteiger charge is 2.20. The number of hydrogen-bond donors (Lipinski definition) is 1. The summed E-state index contributed by atoms with van der Waals surface area (Å²) in [6, 6.07) is 6.00. The number of aromatic nitrogens is 2. The van der Waals surface area contributed by atoms with Crippen molar-refractivity contribution in [2.24, 2.45) is 0 Å². The highest BCUT2D eigenvalue weighted by atomic mass is 32.1. The Morgan fingerprint density at radius 3 is 2.81 bits per heavy atom. The number of nitrogens with zero attached hydrogens (tertiary/aromatic N) is 2. The lowest BCUT2D eigenvalue weighted by Crippen LogP contribution is -2.27. The van der Waals surface area contributed by atoms with E-state index >= 15 is 0 Å². The second-order valence-corrected chi connectivity index (χ2v) is 7.87. The molecule has 7 heteroatoms. The average Bonchev–Trinajstić information content (AvgIpc) is 3.06. The topological polar surface area (TPSA) is 64.0 Å². The van der Waals surface area contributed by atoms with Crippen LogP contribution >= 0.6 is 11.3 Å². The number of hydrogen-bond acceptors (Lipinski definition) is 4. The summed E-state index contributed by atoms with van der Waals surface area (Å²) in [7, 11) is 0. The Morgan fingerprint density at radius 1 is 1.22 bits per heavy atom. The molecule has 0 radical (unpaired) electrons. The first kappa shape index (κ1) is 17.9. The van der Waals surface area contributed by atoms with Gasteiger partial charge in [0.25, 0.3) is 5.56 Å². The Balaban J connectivity index is 1.42. The molecule has 0 bridgehead atoms. The number of amides is 1. The van der Waals surface area contributed by atoms with Crippen LogP contribution in [0.4, 0.5) is 4.39 Å². The minimum absolute atomic E-state index is 0.0502. The Morgan fingerprint density at radius 2 is 2.00 bits per heavy atom. The van der Waals surface area contributed by atoms with E-state index in [1.54, 1.807) is 29.8 Å². The summed E-state index contributed by atoms with van der Waals surface area (Å²) < 4.78 is 14.4. The minimum Gasteiger partial charge on any atom is -0.352 e. The molecular formula is C20H20FN3O2S. The smallest absolute Gasteiger partial charge is 0.262 e. The highest BCUT2D eigenvalue weighted by molar-refractivity contribution is 7.18. The number of nitrogens with one attached hydrogen (secondary N) is 1. The van der Waals surface area contributed by atoms with Gasteiger partial charge in [0.05, 0.1) is 11.7 Å². The van der Waals surface area contributed by atoms with Gasteiger partial charge >= 0.3 is 0 Å². The molecule has 0 aliphatic heterocycles. The number of benzene rings is 1. The van der Waals surface area contributed by atoms with E-state index in [0.29, 0.717) is 13.1 Å². The van der Waals surface area contributed by atoms with Gasteiger partial charge in [0.15, 0.2) is 0 Å². The van der Waals surface area contributed by atoms with Crippen LogP contribution in [0.1, 0.15) is 35.3 Å². The summed E-state index contributed by atoms with van der Waals surface area (Å²) >= 11 is 1.62. The number of rotatable bonds is 5. The molecule has 5 nitrogen and oxygen atoms in total. The van der Waals surface area contributed by atoms with E-state index in [4.69, 9.17) is 0 Å². The van der Waals surface area contributed by atoms with Crippen molar-refractivity contribution in [1.29, 1.82) is 0 Å². The summed E-state index contributed by atoms with van der Waals surface area (Å²) in [5.41, 5.74) is 1.94. The number of fused-ring (bicyclic) bond motifs is 3. The van der Waals surface area contributed by atoms with Crippen LogP contribution in [-0.2, 0) is 30.7 Å². The van der Waals surface area contributed by atoms with E-state index < -0.39 is 0 Å². The normalized spacial score (nSPS) is 13.5. The Kier molecular flexibility index (Phi) is 5.03. The van der Waals surface area contributed by atoms with Gasteiger partial charge in [0.2, 0.25) is 5.91 Å². The molecule has 1 amide bonds. The fraction of sp³-hybridized carbons (Fsp3) is 0.350. The van der Waals surface area contributed by atoms with Crippen LogP contribution in [0.5, 0.6) is 0 Å². The Hall–Kier alpha value is -2.54. The molecule has 1 aliphatic rings. The van der Waals surface area contributed by atoms with E-state index in [1.807, 2.05) is 0 Å². The third-order valence-corrected chi connectivity index (χ3v) is 6.12. The van der Waals surface area contributed by atoms with E-state index in [-0.39, 0.29) is 23.7 Å². The zero-order valence-electron chi connectivity index (χ0n) is 14.8. The standard InChI is InChI=1S/C20H20FN3O2S/c21-14-7-5-13(6-8-14)11-22-17(25)9-10-24-12-23-19-18(20(24)26)15-3-1-2-4-16(15)27-19/h5-8,12H,1-4,9-11H2,(H,22,25). The number of aryl methyl sites for hydroxylation is 3. The van der Waals surface area contributed by atoms with Crippen molar-refractivity contribution in [2.75, 3.05) is 0 Å². The zero-order chi connectivity index (χ0) is 18.8. The molecule has 1 aromatic carbocycles. The van der Waals surface area contributed by atoms with Gasteiger partial charge < -0.3 is 5.32 Å². The Bertz CT molecular complexity index is 1040. The average molecular weight is 385 g/mol. The molecule has 4 rings (SSSR count). The van der Waals surface area contributed by atoms with Gasteiger partial charge in [0.1, 0.15) is 10.6 Å². The molecule has 1 aliphatic carbocycles. The van der Waals surface area contributed by atoms with Gasteiger partial charge in [-0.2, -0.15) is 0 Å². The summed E-state index contributed by atoms with van der Waals surface area (Å²) in [5.74, 6) is -0.457. The molecule has 2 aromatic heterocycles. The van der Waals surface area contributed by atoms with Crippen molar-refractivity contribution in [2.45, 2.75) is 45.2 Å². The van der Waals surface area contributed by atoms with Crippen LogP contribution < -0.4 is 10.9 Å². The van der Waals surface area contributed by atoms with Crippen molar-refractivity contribution >= 4 is 27.5 Å². The third kappa shape index (κ3) is 3.78. The van der Waals surface area contributed by atoms with E-state index in [0.717, 1.165) is 40.6 Å². The summed E-state index contributed by atoms with van der Waals surface area (Å²) in [5, 5.41) is 3.53. The fourth-order valence-electron chi connectivity index (χ4n) is 3.45. The second kappa shape index (κ2) is 7.60. The molecule has 0 atom stereocenters. The minimum atomic E-state index is -0.303. The molecule has 0 fully saturated rings. The number of carbonyl (C=O) groups is 1. The fourth-order valence-corrected chi connectivity index (χ4v) is 4.67. The van der Waals surface area contributed by atoms with Gasteiger partial charge in [-0.05, 0) is 48.9 Å². The SMILES string of the molecule is O=C(CCn1cnc2sc3c(c2c1=O)CCCC3)NCc1ccc(F)cc1. The van der Waals surface area contributed by atoms with Gasteiger partial charge in [0, 0.05) is 24.4 Å². The second-order valence-electron chi connectivity index (χ2n) is 6.79. The summed E-state index contributed by atoms with van der Waals surface area (Å²) in [6.45, 7) is 0.630. The summed E-state index contributed by atoms with van der Waals surface area (Å²) in [4.78, 5) is 31.5. The lowest BCUT2D eigenvalue weighted by Gasteiger charge is -2.10. The van der Waals surface area contributed by atoms with Crippen LogP contribution in [-0.4, -0.2) is 15.5 Å². The van der Waals surface area contributed by atoms with E-state index in [9.17, 15) is 14.0 Å². The molecule has 140 valence electrons. The first-order valence-corrected chi connectivity index (χ1v) is 9.94. The van der Waals surface area contributed by atoms with Crippen molar-refractivity contribution in [3.8, 4) is 0 Å². The van der Waals surface area contributed by atoms with Crippen LogP contribution in [0.2, 0.25) is 0 Å². The van der Waals surface area contributed by atoms with E-state index in [1.165, 1.54) is 28.0 Å². The van der Waals surface area contributed by atoms with Crippen LogP contribution in [0.25, 0.3) is 10.2 Å². The lowest BCUT2D eigenvalue weighted by atomic mass is 9.97. The summed E-state index contributed by atoms with van der Waals surface area (Å²) in [6.07, 6.45) is 5.98. The van der Waals surface area contributed by atoms with Crippen molar-refractivity contribution in [3.05, 3.63) is 62.8 Å². The number of carbonyl (C=O) groups excluding carboxylic acids is 1. The first-order chi connectivity index (χ1) is 13.1. The quantitative estimate of drug-likeness (QED) is 0.734. The van der Waals surface area contributed by atoms with Crippen LogP contribution in [0.15, 0.2) is 35.4 Å². The molecule has 1 N–H and O–H groups in total.